The molecule has 15 heteroatoms. The molecular formula is C24H23BF3N7O4. The zero-order valence-electron chi connectivity index (χ0n) is 20.8. The van der Waals surface area contributed by atoms with Gasteiger partial charge in [-0.15, -0.1) is 0 Å². The molecular weight excluding hydrogens is 518 g/mol. The highest BCUT2D eigenvalue weighted by Crippen LogP contribution is 2.32. The lowest BCUT2D eigenvalue weighted by atomic mass is 9.80. The number of aromatic nitrogens is 5. The smallest absolute Gasteiger partial charge is 0.398 e. The molecule has 1 aliphatic heterocycles. The molecule has 1 atom stereocenters. The Kier molecular flexibility index (Phi) is 7.20. The largest absolute Gasteiger partial charge is 0.496 e. The van der Waals surface area contributed by atoms with Gasteiger partial charge in [-0.25, -0.2) is 9.97 Å². The number of fused-ring (bicyclic) bond motifs is 1. The number of benzene rings is 1. The van der Waals surface area contributed by atoms with E-state index in [1.807, 2.05) is 30.3 Å². The maximum atomic E-state index is 12.7. The van der Waals surface area contributed by atoms with Crippen molar-refractivity contribution in [2.24, 2.45) is 0 Å². The van der Waals surface area contributed by atoms with Gasteiger partial charge in [0.2, 0.25) is 5.95 Å². The molecule has 4 aromatic rings. The van der Waals surface area contributed by atoms with E-state index >= 15 is 0 Å². The first kappa shape index (κ1) is 26.5. The van der Waals surface area contributed by atoms with Gasteiger partial charge in [-0.05, 0) is 25.5 Å². The van der Waals surface area contributed by atoms with Crippen molar-refractivity contribution < 1.29 is 32.1 Å². The average Bonchev–Trinajstić information content (AvgIpc) is 3.53. The van der Waals surface area contributed by atoms with Crippen LogP contribution in [0.4, 0.5) is 30.8 Å². The highest BCUT2D eigenvalue weighted by atomic mass is 19.4. The second kappa shape index (κ2) is 10.6. The van der Waals surface area contributed by atoms with Crippen LogP contribution in [-0.4, -0.2) is 56.7 Å². The molecule has 1 aromatic carbocycles. The van der Waals surface area contributed by atoms with E-state index in [0.717, 1.165) is 5.56 Å². The van der Waals surface area contributed by atoms with Crippen molar-refractivity contribution in [2.45, 2.75) is 31.7 Å². The molecule has 1 aliphatic rings. The van der Waals surface area contributed by atoms with E-state index in [1.54, 1.807) is 26.0 Å². The molecule has 11 nitrogen and oxygen atoms in total. The van der Waals surface area contributed by atoms with Gasteiger partial charge in [-0.3, -0.25) is 0 Å². The van der Waals surface area contributed by atoms with Crippen LogP contribution in [0.3, 0.4) is 0 Å². The van der Waals surface area contributed by atoms with Gasteiger partial charge in [0, 0.05) is 11.7 Å². The monoisotopic (exact) mass is 541 g/mol. The summed E-state index contributed by atoms with van der Waals surface area (Å²) in [6.45, 7) is 1.71. The number of anilines is 3. The minimum absolute atomic E-state index is 0.152. The molecule has 0 amide bonds. The van der Waals surface area contributed by atoms with Gasteiger partial charge >= 0.3 is 13.3 Å². The first-order valence-corrected chi connectivity index (χ1v) is 11.8. The average molecular weight is 541 g/mol. The second-order valence-corrected chi connectivity index (χ2v) is 9.14. The number of hydrogen-bond donors (Lipinski definition) is 3. The SMILES string of the molecule is CC1(C)OB(OCC(F)(F)F)c2ccc(Nc3ncc(-c4ncno4)c(N[C@H](CO)c4ccccc4)n3)nc21. The lowest BCUT2D eigenvalue weighted by Gasteiger charge is -2.20. The summed E-state index contributed by atoms with van der Waals surface area (Å²) in [4.78, 5) is 17.5. The lowest BCUT2D eigenvalue weighted by molar-refractivity contribution is -0.157. The van der Waals surface area contributed by atoms with E-state index in [4.69, 9.17) is 13.8 Å². The number of halogens is 3. The Labute approximate surface area is 221 Å². The number of pyridine rings is 1. The standard InChI is InChI=1S/C24H23BF3N7O4/c1-23(2)19-16(25(39-23)37-12-24(26,27)28)8-9-18(33-19)34-22-29-10-15(21-30-13-31-38-21)20(35-22)32-17(11-36)14-6-4-3-5-7-14/h3-10,13,17,36H,11-12H2,1-2H3,(H2,29,32,33,34,35)/t17-/m1/s1. The number of aliphatic hydroxyl groups excluding tert-OH is 1. The number of hydrogen-bond acceptors (Lipinski definition) is 11. The minimum Gasteiger partial charge on any atom is -0.398 e. The highest BCUT2D eigenvalue weighted by molar-refractivity contribution is 6.63. The van der Waals surface area contributed by atoms with E-state index in [2.05, 4.69) is 35.7 Å². The van der Waals surface area contributed by atoms with Crippen molar-refractivity contribution in [3.05, 3.63) is 66.2 Å². The van der Waals surface area contributed by atoms with Gasteiger partial charge in [-0.2, -0.15) is 23.1 Å². The topological polar surface area (TPSA) is 140 Å². The highest BCUT2D eigenvalue weighted by Gasteiger charge is 2.45. The number of aliphatic hydroxyl groups is 1. The fraction of sp³-hybridized carbons (Fsp3) is 0.292. The predicted octanol–water partition coefficient (Wildman–Crippen LogP) is 3.35. The van der Waals surface area contributed by atoms with E-state index in [0.29, 0.717) is 28.4 Å². The van der Waals surface area contributed by atoms with Gasteiger partial charge in [0.15, 0.2) is 6.33 Å². The Bertz CT molecular complexity index is 1430. The quantitative estimate of drug-likeness (QED) is 0.269. The van der Waals surface area contributed by atoms with Crippen LogP contribution in [0.15, 0.2) is 59.5 Å². The summed E-state index contributed by atoms with van der Waals surface area (Å²) in [7, 11) is -1.20. The molecule has 3 N–H and O–H groups in total. The van der Waals surface area contributed by atoms with E-state index in [9.17, 15) is 18.3 Å². The fourth-order valence-electron chi connectivity index (χ4n) is 4.09. The molecule has 0 saturated carbocycles. The van der Waals surface area contributed by atoms with Gasteiger partial charge in [0.05, 0.1) is 23.9 Å². The Hall–Kier alpha value is -4.08. The fourth-order valence-corrected chi connectivity index (χ4v) is 4.09. The molecule has 5 rings (SSSR count). The summed E-state index contributed by atoms with van der Waals surface area (Å²) in [6, 6.07) is 12.0. The van der Waals surface area contributed by atoms with Crippen LogP contribution in [0.1, 0.15) is 31.1 Å². The molecule has 0 saturated heterocycles. The van der Waals surface area contributed by atoms with E-state index < -0.39 is 31.5 Å². The first-order valence-electron chi connectivity index (χ1n) is 11.8. The molecule has 0 spiro atoms. The number of nitrogens with zero attached hydrogens (tertiary/aromatic N) is 5. The van der Waals surface area contributed by atoms with Crippen LogP contribution in [0.25, 0.3) is 11.5 Å². The first-order chi connectivity index (χ1) is 18.6. The molecule has 0 fully saturated rings. The summed E-state index contributed by atoms with van der Waals surface area (Å²) in [5.74, 6) is 0.970. The van der Waals surface area contributed by atoms with Gasteiger partial charge in [0.1, 0.15) is 23.8 Å². The molecule has 202 valence electrons. The third-order valence-corrected chi connectivity index (χ3v) is 5.87. The van der Waals surface area contributed by atoms with Crippen molar-refractivity contribution in [3.8, 4) is 11.5 Å². The molecule has 3 aromatic heterocycles. The molecule has 39 heavy (non-hydrogen) atoms. The van der Waals surface area contributed by atoms with Crippen LogP contribution >= 0.6 is 0 Å². The second-order valence-electron chi connectivity index (χ2n) is 9.14. The third-order valence-electron chi connectivity index (χ3n) is 5.87. The van der Waals surface area contributed by atoms with Gasteiger partial charge < -0.3 is 29.6 Å². The minimum atomic E-state index is -4.49. The lowest BCUT2D eigenvalue weighted by Crippen LogP contribution is -2.36. The van der Waals surface area contributed by atoms with Crippen LogP contribution in [0.5, 0.6) is 0 Å². The zero-order chi connectivity index (χ0) is 27.6. The summed E-state index contributed by atoms with van der Waals surface area (Å²) in [5.41, 5.74) is 1.06. The summed E-state index contributed by atoms with van der Waals surface area (Å²) >= 11 is 0. The molecule has 0 aliphatic carbocycles. The van der Waals surface area contributed by atoms with Crippen LogP contribution in [-0.2, 0) is 14.9 Å². The Balaban J connectivity index is 1.42. The van der Waals surface area contributed by atoms with Crippen molar-refractivity contribution in [1.82, 2.24) is 25.1 Å². The Morgan fingerprint density at radius 2 is 1.90 bits per heavy atom. The zero-order valence-corrected chi connectivity index (χ0v) is 20.8. The molecule has 0 bridgehead atoms. The van der Waals surface area contributed by atoms with Crippen LogP contribution in [0, 0.1) is 0 Å². The van der Waals surface area contributed by atoms with E-state index in [-0.39, 0.29) is 18.4 Å². The van der Waals surface area contributed by atoms with Crippen molar-refractivity contribution in [2.75, 3.05) is 23.8 Å². The molecule has 0 radical (unpaired) electrons. The third kappa shape index (κ3) is 6.00. The van der Waals surface area contributed by atoms with Gasteiger partial charge in [0.25, 0.3) is 5.89 Å². The predicted molar refractivity (Wildman–Crippen MR) is 134 cm³/mol. The van der Waals surface area contributed by atoms with Gasteiger partial charge in [-0.1, -0.05) is 41.6 Å². The molecule has 0 unspecified atom stereocenters. The number of nitrogens with one attached hydrogen (secondary N) is 2. The van der Waals surface area contributed by atoms with Crippen LogP contribution in [0.2, 0.25) is 0 Å². The number of rotatable bonds is 9. The summed E-state index contributed by atoms with van der Waals surface area (Å²) < 4.78 is 53.9. The number of alkyl halides is 3. The van der Waals surface area contributed by atoms with E-state index in [1.165, 1.54) is 12.5 Å². The Morgan fingerprint density at radius 1 is 1.10 bits per heavy atom. The summed E-state index contributed by atoms with van der Waals surface area (Å²) in [5, 5.41) is 19.9. The van der Waals surface area contributed by atoms with Crippen LogP contribution < -0.4 is 16.1 Å². The van der Waals surface area contributed by atoms with Crippen molar-refractivity contribution in [1.29, 1.82) is 0 Å². The normalized spacial score (nSPS) is 15.2. The summed E-state index contributed by atoms with van der Waals surface area (Å²) in [6.07, 6.45) is -1.76. The molecule has 4 heterocycles. The van der Waals surface area contributed by atoms with Crippen molar-refractivity contribution in [3.63, 3.8) is 0 Å². The maximum absolute atomic E-state index is 12.7. The maximum Gasteiger partial charge on any atom is 0.496 e. The van der Waals surface area contributed by atoms with Crippen molar-refractivity contribution >= 4 is 30.2 Å². The Morgan fingerprint density at radius 3 is 2.59 bits per heavy atom.